The van der Waals surface area contributed by atoms with E-state index in [9.17, 15) is 4.39 Å². The van der Waals surface area contributed by atoms with Gasteiger partial charge in [0, 0.05) is 12.6 Å². The molecule has 0 aromatic heterocycles. The highest BCUT2D eigenvalue weighted by molar-refractivity contribution is 5.74. The average Bonchev–Trinajstić information content (AvgIpc) is 2.38. The molecule has 19 heavy (non-hydrogen) atoms. The third-order valence-electron chi connectivity index (χ3n) is 4.64. The summed E-state index contributed by atoms with van der Waals surface area (Å²) in [7, 11) is 0. The van der Waals surface area contributed by atoms with Gasteiger partial charge in [0.25, 0.3) is 0 Å². The number of hydrogen-bond acceptors (Lipinski definition) is 2. The highest BCUT2D eigenvalue weighted by Gasteiger charge is 2.42. The second-order valence-corrected chi connectivity index (χ2v) is 6.26. The molecule has 0 unspecified atom stereocenters. The van der Waals surface area contributed by atoms with Crippen molar-refractivity contribution < 1.29 is 4.39 Å². The van der Waals surface area contributed by atoms with Crippen LogP contribution in [0, 0.1) is 5.82 Å². The van der Waals surface area contributed by atoms with Gasteiger partial charge in [0.05, 0.1) is 16.9 Å². The quantitative estimate of drug-likeness (QED) is 0.817. The van der Waals surface area contributed by atoms with Gasteiger partial charge in [0.15, 0.2) is 0 Å². The third kappa shape index (κ3) is 2.09. The zero-order valence-electron chi connectivity index (χ0n) is 11.9. The minimum absolute atomic E-state index is 0.140. The molecule has 1 aromatic carbocycles. The Morgan fingerprint density at radius 3 is 2.63 bits per heavy atom. The fourth-order valence-electron chi connectivity index (χ4n) is 3.91. The minimum atomic E-state index is -0.140. The van der Waals surface area contributed by atoms with Gasteiger partial charge in [0.2, 0.25) is 0 Å². The number of nitrogens with zero attached hydrogens (tertiary/aromatic N) is 1. The van der Waals surface area contributed by atoms with E-state index in [-0.39, 0.29) is 11.4 Å². The monoisotopic (exact) mass is 262 g/mol. The lowest BCUT2D eigenvalue weighted by Gasteiger charge is -2.53. The van der Waals surface area contributed by atoms with E-state index in [0.29, 0.717) is 6.04 Å². The van der Waals surface area contributed by atoms with Gasteiger partial charge in [-0.2, -0.15) is 0 Å². The molecule has 1 aromatic rings. The number of nitrogens with one attached hydrogen (secondary N) is 1. The Bertz CT molecular complexity index is 464. The molecule has 3 heteroatoms. The summed E-state index contributed by atoms with van der Waals surface area (Å²) in [6, 6.07) is 5.51. The smallest absolute Gasteiger partial charge is 0.125 e. The topological polar surface area (TPSA) is 15.3 Å². The maximum absolute atomic E-state index is 13.6. The van der Waals surface area contributed by atoms with Crippen LogP contribution < -0.4 is 10.2 Å². The largest absolute Gasteiger partial charge is 0.381 e. The molecule has 0 saturated heterocycles. The van der Waals surface area contributed by atoms with Crippen LogP contribution in [0.3, 0.4) is 0 Å². The van der Waals surface area contributed by atoms with Crippen LogP contribution in [0.4, 0.5) is 15.8 Å². The molecule has 0 atom stereocenters. The van der Waals surface area contributed by atoms with Crippen molar-refractivity contribution in [2.24, 2.45) is 0 Å². The summed E-state index contributed by atoms with van der Waals surface area (Å²) in [4.78, 5) is 2.47. The van der Waals surface area contributed by atoms with E-state index in [0.717, 1.165) is 17.9 Å². The minimum Gasteiger partial charge on any atom is -0.381 e. The number of benzene rings is 1. The molecule has 1 aliphatic heterocycles. The Balaban J connectivity index is 2.05. The molecule has 3 rings (SSSR count). The van der Waals surface area contributed by atoms with Crippen LogP contribution >= 0.6 is 0 Å². The van der Waals surface area contributed by atoms with Gasteiger partial charge in [-0.3, -0.25) is 0 Å². The van der Waals surface area contributed by atoms with E-state index < -0.39 is 0 Å². The maximum atomic E-state index is 13.6. The summed E-state index contributed by atoms with van der Waals surface area (Å²) in [6.45, 7) is 5.43. The van der Waals surface area contributed by atoms with Crippen LogP contribution in [0.15, 0.2) is 18.2 Å². The highest BCUT2D eigenvalue weighted by Crippen LogP contribution is 2.44. The fourth-order valence-corrected chi connectivity index (χ4v) is 3.91. The van der Waals surface area contributed by atoms with Gasteiger partial charge in [-0.05, 0) is 44.9 Å². The normalized spacial score (nSPS) is 21.4. The molecule has 0 bridgehead atoms. The van der Waals surface area contributed by atoms with E-state index in [2.05, 4.69) is 24.1 Å². The van der Waals surface area contributed by atoms with Crippen LogP contribution in [0.5, 0.6) is 0 Å². The third-order valence-corrected chi connectivity index (χ3v) is 4.64. The first-order valence-corrected chi connectivity index (χ1v) is 7.45. The highest BCUT2D eigenvalue weighted by atomic mass is 19.1. The SMILES string of the molecule is CC(C)N1c2cc(F)ccc2NCC12CCCCC2. The Morgan fingerprint density at radius 1 is 1.21 bits per heavy atom. The van der Waals surface area contributed by atoms with E-state index in [1.54, 1.807) is 12.1 Å². The number of fused-ring (bicyclic) bond motifs is 1. The van der Waals surface area contributed by atoms with Crippen LogP contribution in [-0.4, -0.2) is 18.1 Å². The maximum Gasteiger partial charge on any atom is 0.125 e. The predicted molar refractivity (Wildman–Crippen MR) is 78.3 cm³/mol. The molecule has 1 fully saturated rings. The zero-order chi connectivity index (χ0) is 13.5. The van der Waals surface area contributed by atoms with Gasteiger partial charge < -0.3 is 10.2 Å². The van der Waals surface area contributed by atoms with Crippen LogP contribution in [0.25, 0.3) is 0 Å². The number of rotatable bonds is 1. The molecule has 1 spiro atoms. The summed E-state index contributed by atoms with van der Waals surface area (Å²) in [5.74, 6) is -0.140. The molecule has 1 saturated carbocycles. The Morgan fingerprint density at radius 2 is 1.95 bits per heavy atom. The molecule has 1 heterocycles. The Hall–Kier alpha value is -1.25. The van der Waals surface area contributed by atoms with Gasteiger partial charge in [0.1, 0.15) is 5.82 Å². The molecule has 1 N–H and O–H groups in total. The molecule has 2 nitrogen and oxygen atoms in total. The van der Waals surface area contributed by atoms with Crippen molar-refractivity contribution in [1.29, 1.82) is 0 Å². The summed E-state index contributed by atoms with van der Waals surface area (Å²) < 4.78 is 13.6. The standard InChI is InChI=1S/C16H23FN2/c1-12(2)19-15-10-13(17)6-7-14(15)18-11-16(19)8-4-3-5-9-16/h6-7,10,12,18H,3-5,8-9,11H2,1-2H3. The van der Waals surface area contributed by atoms with Gasteiger partial charge in [-0.1, -0.05) is 19.3 Å². The Labute approximate surface area is 115 Å². The van der Waals surface area contributed by atoms with Crippen LogP contribution in [-0.2, 0) is 0 Å². The van der Waals surface area contributed by atoms with Gasteiger partial charge in [-0.25, -0.2) is 4.39 Å². The van der Waals surface area contributed by atoms with Crippen molar-refractivity contribution in [3.8, 4) is 0 Å². The molecule has 1 aliphatic carbocycles. The number of anilines is 2. The van der Waals surface area contributed by atoms with E-state index >= 15 is 0 Å². The van der Waals surface area contributed by atoms with Gasteiger partial charge >= 0.3 is 0 Å². The van der Waals surface area contributed by atoms with Crippen molar-refractivity contribution in [2.75, 3.05) is 16.8 Å². The molecular weight excluding hydrogens is 239 g/mol. The first-order chi connectivity index (χ1) is 9.12. The van der Waals surface area contributed by atoms with Crippen molar-refractivity contribution >= 4 is 11.4 Å². The summed E-state index contributed by atoms with van der Waals surface area (Å²) in [6.07, 6.45) is 6.34. The van der Waals surface area contributed by atoms with Gasteiger partial charge in [-0.15, -0.1) is 0 Å². The van der Waals surface area contributed by atoms with Crippen molar-refractivity contribution in [1.82, 2.24) is 0 Å². The number of halogens is 1. The summed E-state index contributed by atoms with van der Waals surface area (Å²) in [5.41, 5.74) is 2.31. The van der Waals surface area contributed by atoms with Crippen molar-refractivity contribution in [2.45, 2.75) is 57.5 Å². The second kappa shape index (κ2) is 4.69. The second-order valence-electron chi connectivity index (χ2n) is 6.26. The Kier molecular flexibility index (Phi) is 3.15. The van der Waals surface area contributed by atoms with Crippen LogP contribution in [0.1, 0.15) is 46.0 Å². The summed E-state index contributed by atoms with van der Waals surface area (Å²) >= 11 is 0. The van der Waals surface area contributed by atoms with E-state index in [1.165, 1.54) is 32.1 Å². The molecule has 104 valence electrons. The number of hydrogen-bond donors (Lipinski definition) is 1. The lowest BCUT2D eigenvalue weighted by Crippen LogP contribution is -2.59. The lowest BCUT2D eigenvalue weighted by molar-refractivity contribution is 0.270. The van der Waals surface area contributed by atoms with Crippen molar-refractivity contribution in [3.63, 3.8) is 0 Å². The molecule has 0 radical (unpaired) electrons. The van der Waals surface area contributed by atoms with E-state index in [1.807, 2.05) is 6.07 Å². The molecular formula is C16H23FN2. The first kappa shape index (κ1) is 12.8. The fraction of sp³-hybridized carbons (Fsp3) is 0.625. The predicted octanol–water partition coefficient (Wildman–Crippen LogP) is 4.17. The van der Waals surface area contributed by atoms with Crippen molar-refractivity contribution in [3.05, 3.63) is 24.0 Å². The lowest BCUT2D eigenvalue weighted by atomic mass is 9.77. The van der Waals surface area contributed by atoms with E-state index in [4.69, 9.17) is 0 Å². The van der Waals surface area contributed by atoms with Crippen LogP contribution in [0.2, 0.25) is 0 Å². The summed E-state index contributed by atoms with van der Waals surface area (Å²) in [5, 5.41) is 3.53. The average molecular weight is 262 g/mol. The molecule has 2 aliphatic rings. The molecule has 0 amide bonds. The first-order valence-electron chi connectivity index (χ1n) is 7.45. The zero-order valence-corrected chi connectivity index (χ0v) is 11.9.